The second-order valence-corrected chi connectivity index (χ2v) is 7.75. The predicted molar refractivity (Wildman–Crippen MR) is 93.9 cm³/mol. The SMILES string of the molecule is COc1cc(NC(=O)OC(C)(C)C)c([C@@H]2[C@@H](N)C2(C)C)cc1OC. The van der Waals surface area contributed by atoms with Gasteiger partial charge in [0.2, 0.25) is 0 Å². The minimum atomic E-state index is -0.573. The summed E-state index contributed by atoms with van der Waals surface area (Å²) in [5, 5.41) is 2.82. The van der Waals surface area contributed by atoms with Gasteiger partial charge in [0.15, 0.2) is 11.5 Å². The first-order valence-corrected chi connectivity index (χ1v) is 8.02. The van der Waals surface area contributed by atoms with Crippen LogP contribution in [0.1, 0.15) is 46.1 Å². The number of carbonyl (C=O) groups is 1. The molecule has 1 aliphatic rings. The van der Waals surface area contributed by atoms with Gasteiger partial charge in [0.25, 0.3) is 0 Å². The smallest absolute Gasteiger partial charge is 0.412 e. The predicted octanol–water partition coefficient (Wildman–Crippen LogP) is 3.50. The Labute approximate surface area is 143 Å². The Balaban J connectivity index is 2.39. The monoisotopic (exact) mass is 336 g/mol. The lowest BCUT2D eigenvalue weighted by molar-refractivity contribution is 0.0635. The van der Waals surface area contributed by atoms with Crippen molar-refractivity contribution in [3.05, 3.63) is 17.7 Å². The quantitative estimate of drug-likeness (QED) is 0.879. The maximum Gasteiger partial charge on any atom is 0.412 e. The average molecular weight is 336 g/mol. The highest BCUT2D eigenvalue weighted by atomic mass is 16.6. The highest BCUT2D eigenvalue weighted by Crippen LogP contribution is 2.59. The maximum atomic E-state index is 12.2. The molecule has 0 aliphatic heterocycles. The largest absolute Gasteiger partial charge is 0.493 e. The van der Waals surface area contributed by atoms with Crippen LogP contribution in [-0.2, 0) is 4.74 Å². The summed E-state index contributed by atoms with van der Waals surface area (Å²) in [7, 11) is 3.14. The van der Waals surface area contributed by atoms with E-state index >= 15 is 0 Å². The number of amides is 1. The molecule has 1 amide bonds. The third-order valence-electron chi connectivity index (χ3n) is 4.44. The molecule has 6 heteroatoms. The highest BCUT2D eigenvalue weighted by Gasteiger charge is 2.57. The van der Waals surface area contributed by atoms with Crippen LogP contribution in [0.5, 0.6) is 11.5 Å². The lowest BCUT2D eigenvalue weighted by Gasteiger charge is -2.21. The summed E-state index contributed by atoms with van der Waals surface area (Å²) in [5.41, 5.74) is 7.17. The van der Waals surface area contributed by atoms with Crippen molar-refractivity contribution in [2.45, 2.75) is 52.2 Å². The summed E-state index contributed by atoms with van der Waals surface area (Å²) in [6, 6.07) is 3.65. The maximum absolute atomic E-state index is 12.2. The number of ether oxygens (including phenoxy) is 3. The molecule has 2 atom stereocenters. The molecule has 0 bridgehead atoms. The minimum Gasteiger partial charge on any atom is -0.493 e. The molecule has 0 spiro atoms. The summed E-state index contributed by atoms with van der Waals surface area (Å²) in [6.07, 6.45) is -0.511. The van der Waals surface area contributed by atoms with Crippen LogP contribution in [0, 0.1) is 5.41 Å². The fourth-order valence-electron chi connectivity index (χ4n) is 2.95. The van der Waals surface area contributed by atoms with Gasteiger partial charge in [-0.2, -0.15) is 0 Å². The molecule has 0 unspecified atom stereocenters. The molecule has 1 aromatic carbocycles. The van der Waals surface area contributed by atoms with Gasteiger partial charge < -0.3 is 19.9 Å². The van der Waals surface area contributed by atoms with Crippen LogP contribution in [0.15, 0.2) is 12.1 Å². The van der Waals surface area contributed by atoms with Gasteiger partial charge in [0.05, 0.1) is 19.9 Å². The van der Waals surface area contributed by atoms with Gasteiger partial charge in [0, 0.05) is 18.0 Å². The summed E-state index contributed by atoms with van der Waals surface area (Å²) >= 11 is 0. The van der Waals surface area contributed by atoms with E-state index in [0.29, 0.717) is 17.2 Å². The molecule has 134 valence electrons. The summed E-state index contributed by atoms with van der Waals surface area (Å²) in [5.74, 6) is 1.28. The molecule has 0 radical (unpaired) electrons. The van der Waals surface area contributed by atoms with Gasteiger partial charge >= 0.3 is 6.09 Å². The first-order chi connectivity index (χ1) is 11.0. The Morgan fingerprint density at radius 2 is 1.67 bits per heavy atom. The normalized spacial score (nSPS) is 21.8. The van der Waals surface area contributed by atoms with Crippen LogP contribution < -0.4 is 20.5 Å². The number of hydrogen-bond acceptors (Lipinski definition) is 5. The Morgan fingerprint density at radius 1 is 1.17 bits per heavy atom. The molecule has 1 saturated carbocycles. The summed E-state index contributed by atoms with van der Waals surface area (Å²) in [6.45, 7) is 9.68. The van der Waals surface area contributed by atoms with Crippen LogP contribution in [0.25, 0.3) is 0 Å². The number of methoxy groups -OCH3 is 2. The summed E-state index contributed by atoms with van der Waals surface area (Å²) < 4.78 is 16.1. The number of carbonyl (C=O) groups excluding carboxylic acids is 1. The number of nitrogens with one attached hydrogen (secondary N) is 1. The van der Waals surface area contributed by atoms with E-state index in [4.69, 9.17) is 19.9 Å². The standard InChI is InChI=1S/C18H28N2O4/c1-17(2,3)24-16(21)20-11-9-13(23-7)12(22-6)8-10(11)14-15(19)18(14,4)5/h8-9,14-15H,19H2,1-7H3,(H,20,21)/t14-,15-/m1/s1. The van der Waals surface area contributed by atoms with Crippen molar-refractivity contribution in [2.24, 2.45) is 11.1 Å². The molecule has 3 N–H and O–H groups in total. The fourth-order valence-corrected chi connectivity index (χ4v) is 2.95. The van der Waals surface area contributed by atoms with Crippen molar-refractivity contribution >= 4 is 11.8 Å². The third-order valence-corrected chi connectivity index (χ3v) is 4.44. The van der Waals surface area contributed by atoms with Gasteiger partial charge in [-0.25, -0.2) is 4.79 Å². The van der Waals surface area contributed by atoms with Gasteiger partial charge in [-0.15, -0.1) is 0 Å². The molecule has 24 heavy (non-hydrogen) atoms. The van der Waals surface area contributed by atoms with Crippen molar-refractivity contribution in [3.8, 4) is 11.5 Å². The molecule has 1 aliphatic carbocycles. The van der Waals surface area contributed by atoms with Crippen LogP contribution in [0.4, 0.5) is 10.5 Å². The average Bonchev–Trinajstić information content (AvgIpc) is 2.94. The molecule has 2 rings (SSSR count). The minimum absolute atomic E-state index is 0.0230. The van der Waals surface area contributed by atoms with Crippen LogP contribution >= 0.6 is 0 Å². The van der Waals surface area contributed by atoms with Gasteiger partial charge in [-0.3, -0.25) is 5.32 Å². The Bertz CT molecular complexity index is 635. The molecule has 1 fully saturated rings. The van der Waals surface area contributed by atoms with E-state index < -0.39 is 11.7 Å². The van der Waals surface area contributed by atoms with E-state index in [-0.39, 0.29) is 17.4 Å². The van der Waals surface area contributed by atoms with Crippen LogP contribution in [0.3, 0.4) is 0 Å². The molecule has 6 nitrogen and oxygen atoms in total. The first kappa shape index (κ1) is 18.4. The van der Waals surface area contributed by atoms with E-state index in [1.165, 1.54) is 0 Å². The Morgan fingerprint density at radius 3 is 2.08 bits per heavy atom. The number of rotatable bonds is 4. The number of benzene rings is 1. The number of anilines is 1. The first-order valence-electron chi connectivity index (χ1n) is 8.02. The molecule has 0 aromatic heterocycles. The van der Waals surface area contributed by atoms with E-state index in [1.807, 2.05) is 26.8 Å². The van der Waals surface area contributed by atoms with Crippen molar-refractivity contribution < 1.29 is 19.0 Å². The Kier molecular flexibility index (Phi) is 4.72. The molecule has 0 heterocycles. The van der Waals surface area contributed by atoms with Gasteiger partial charge in [-0.1, -0.05) is 13.8 Å². The van der Waals surface area contributed by atoms with Gasteiger partial charge in [-0.05, 0) is 37.8 Å². The number of nitrogens with two attached hydrogens (primary N) is 1. The van der Waals surface area contributed by atoms with Crippen molar-refractivity contribution in [2.75, 3.05) is 19.5 Å². The molecular formula is C18H28N2O4. The number of hydrogen-bond donors (Lipinski definition) is 2. The van der Waals surface area contributed by atoms with Crippen LogP contribution in [0.2, 0.25) is 0 Å². The molecule has 1 aromatic rings. The van der Waals surface area contributed by atoms with E-state index in [9.17, 15) is 4.79 Å². The Hall–Kier alpha value is -1.95. The van der Waals surface area contributed by atoms with E-state index in [2.05, 4.69) is 19.2 Å². The van der Waals surface area contributed by atoms with E-state index in [0.717, 1.165) is 5.56 Å². The fraction of sp³-hybridized carbons (Fsp3) is 0.611. The zero-order valence-electron chi connectivity index (χ0n) is 15.5. The zero-order chi connectivity index (χ0) is 18.3. The third kappa shape index (κ3) is 3.59. The van der Waals surface area contributed by atoms with E-state index in [1.54, 1.807) is 20.3 Å². The topological polar surface area (TPSA) is 82.8 Å². The summed E-state index contributed by atoms with van der Waals surface area (Å²) in [4.78, 5) is 12.2. The second kappa shape index (κ2) is 6.16. The second-order valence-electron chi connectivity index (χ2n) is 7.75. The lowest BCUT2D eigenvalue weighted by atomic mass is 10.0. The zero-order valence-corrected chi connectivity index (χ0v) is 15.5. The van der Waals surface area contributed by atoms with Crippen molar-refractivity contribution in [3.63, 3.8) is 0 Å². The lowest BCUT2D eigenvalue weighted by Crippen LogP contribution is -2.27. The highest BCUT2D eigenvalue weighted by molar-refractivity contribution is 5.87. The molecular weight excluding hydrogens is 308 g/mol. The van der Waals surface area contributed by atoms with Gasteiger partial charge in [0.1, 0.15) is 5.60 Å². The van der Waals surface area contributed by atoms with Crippen LogP contribution in [-0.4, -0.2) is 32.0 Å². The molecule has 0 saturated heterocycles. The van der Waals surface area contributed by atoms with Crippen molar-refractivity contribution in [1.82, 2.24) is 0 Å². The van der Waals surface area contributed by atoms with Crippen molar-refractivity contribution in [1.29, 1.82) is 0 Å².